The maximum absolute atomic E-state index is 13.0. The minimum Gasteiger partial charge on any atom is -0.383 e. The average Bonchev–Trinajstić information content (AvgIpc) is 2.70. The van der Waals surface area contributed by atoms with Crippen LogP contribution in [0.4, 0.5) is 0 Å². The number of hydrogen-bond acceptors (Lipinski definition) is 4. The highest BCUT2D eigenvalue weighted by molar-refractivity contribution is 5.94. The van der Waals surface area contributed by atoms with Crippen molar-refractivity contribution >= 4 is 11.8 Å². The van der Waals surface area contributed by atoms with Gasteiger partial charge in [0.15, 0.2) is 0 Å². The first-order valence-corrected chi connectivity index (χ1v) is 9.75. The Kier molecular flexibility index (Phi) is 6.50. The number of likely N-dealkylation sites (tertiary alicyclic amines) is 2. The summed E-state index contributed by atoms with van der Waals surface area (Å²) in [6.45, 7) is 3.88. The maximum atomic E-state index is 13.0. The van der Waals surface area contributed by atoms with Crippen molar-refractivity contribution in [3.8, 4) is 0 Å². The summed E-state index contributed by atoms with van der Waals surface area (Å²) in [6.07, 6.45) is 3.47. The van der Waals surface area contributed by atoms with Gasteiger partial charge >= 0.3 is 0 Å². The molecule has 0 aromatic heterocycles. The maximum Gasteiger partial charge on any atom is 0.253 e. The topological polar surface area (TPSA) is 59.1 Å². The number of benzene rings is 1. The monoisotopic (exact) mass is 374 g/mol. The van der Waals surface area contributed by atoms with Crippen molar-refractivity contribution in [1.29, 1.82) is 0 Å². The van der Waals surface area contributed by atoms with Crippen LogP contribution in [0.15, 0.2) is 24.3 Å². The lowest BCUT2D eigenvalue weighted by molar-refractivity contribution is -0.150. The number of ether oxygens (including phenoxy) is 2. The Labute approximate surface area is 161 Å². The first-order valence-electron chi connectivity index (χ1n) is 9.75. The molecule has 0 bridgehead atoms. The molecule has 6 nitrogen and oxygen atoms in total. The standard InChI is InChI=1S/C21H30N2O4/c1-26-15-14-23-11-3-8-21(20(23)25)9-12-22(13-10-21)19(24)18-6-4-17(5-7-18)16-27-2/h4-7H,3,8-16H2,1-2H3. The quantitative estimate of drug-likeness (QED) is 0.767. The zero-order chi connectivity index (χ0) is 19.3. The van der Waals surface area contributed by atoms with Gasteiger partial charge in [0.05, 0.1) is 18.6 Å². The summed E-state index contributed by atoms with van der Waals surface area (Å²) in [5.74, 6) is 0.301. The molecule has 148 valence electrons. The highest BCUT2D eigenvalue weighted by Gasteiger charge is 2.46. The number of amides is 2. The number of nitrogens with zero attached hydrogens (tertiary/aromatic N) is 2. The minimum atomic E-state index is -0.287. The van der Waals surface area contributed by atoms with Crippen LogP contribution in [0.1, 0.15) is 41.6 Å². The van der Waals surface area contributed by atoms with Crippen LogP contribution in [0, 0.1) is 5.41 Å². The van der Waals surface area contributed by atoms with E-state index in [4.69, 9.17) is 9.47 Å². The van der Waals surface area contributed by atoms with Crippen molar-refractivity contribution in [3.63, 3.8) is 0 Å². The van der Waals surface area contributed by atoms with E-state index in [2.05, 4.69) is 0 Å². The summed E-state index contributed by atoms with van der Waals surface area (Å²) in [4.78, 5) is 29.6. The van der Waals surface area contributed by atoms with Gasteiger partial charge in [-0.2, -0.15) is 0 Å². The van der Waals surface area contributed by atoms with E-state index >= 15 is 0 Å². The number of carbonyl (C=O) groups is 2. The Morgan fingerprint density at radius 2 is 1.74 bits per heavy atom. The Bertz CT molecular complexity index is 651. The lowest BCUT2D eigenvalue weighted by atomic mass is 9.71. The van der Waals surface area contributed by atoms with Crippen LogP contribution in [0.25, 0.3) is 0 Å². The van der Waals surface area contributed by atoms with Crippen molar-refractivity contribution < 1.29 is 19.1 Å². The van der Waals surface area contributed by atoms with Gasteiger partial charge in [0.2, 0.25) is 5.91 Å². The third-order valence-electron chi connectivity index (χ3n) is 5.91. The summed E-state index contributed by atoms with van der Waals surface area (Å²) in [5.41, 5.74) is 1.46. The lowest BCUT2D eigenvalue weighted by Gasteiger charge is -2.46. The molecule has 0 saturated carbocycles. The lowest BCUT2D eigenvalue weighted by Crippen LogP contribution is -2.54. The van der Waals surface area contributed by atoms with Crippen LogP contribution in [0.5, 0.6) is 0 Å². The fraction of sp³-hybridized carbons (Fsp3) is 0.619. The second-order valence-corrected chi connectivity index (χ2v) is 7.59. The molecule has 2 fully saturated rings. The molecule has 0 radical (unpaired) electrons. The minimum absolute atomic E-state index is 0.0494. The smallest absolute Gasteiger partial charge is 0.253 e. The molecule has 0 N–H and O–H groups in total. The molecule has 2 amide bonds. The predicted octanol–water partition coefficient (Wildman–Crippen LogP) is 2.32. The molecule has 2 heterocycles. The van der Waals surface area contributed by atoms with Gasteiger partial charge in [-0.1, -0.05) is 12.1 Å². The van der Waals surface area contributed by atoms with Gasteiger partial charge in [-0.3, -0.25) is 9.59 Å². The van der Waals surface area contributed by atoms with Crippen molar-refractivity contribution in [1.82, 2.24) is 9.80 Å². The summed E-state index contributed by atoms with van der Waals surface area (Å²) < 4.78 is 10.2. The van der Waals surface area contributed by atoms with Crippen LogP contribution in [0.3, 0.4) is 0 Å². The number of piperidine rings is 2. The average molecular weight is 374 g/mol. The fourth-order valence-electron chi connectivity index (χ4n) is 4.26. The number of hydrogen-bond donors (Lipinski definition) is 0. The molecule has 1 aromatic carbocycles. The largest absolute Gasteiger partial charge is 0.383 e. The number of carbonyl (C=O) groups excluding carboxylic acids is 2. The summed E-state index contributed by atoms with van der Waals surface area (Å²) in [7, 11) is 3.32. The van der Waals surface area contributed by atoms with Crippen LogP contribution >= 0.6 is 0 Å². The predicted molar refractivity (Wildman–Crippen MR) is 102 cm³/mol. The molecule has 1 aromatic rings. The Hall–Kier alpha value is -1.92. The second kappa shape index (κ2) is 8.85. The highest BCUT2D eigenvalue weighted by atomic mass is 16.5. The zero-order valence-electron chi connectivity index (χ0n) is 16.4. The van der Waals surface area contributed by atoms with E-state index in [0.717, 1.165) is 37.8 Å². The van der Waals surface area contributed by atoms with Crippen molar-refractivity contribution in [3.05, 3.63) is 35.4 Å². The van der Waals surface area contributed by atoms with Gasteiger partial charge in [-0.25, -0.2) is 0 Å². The van der Waals surface area contributed by atoms with Crippen LogP contribution in [-0.2, 0) is 20.9 Å². The van der Waals surface area contributed by atoms with E-state index in [-0.39, 0.29) is 17.2 Å². The Morgan fingerprint density at radius 3 is 2.37 bits per heavy atom. The molecular weight excluding hydrogens is 344 g/mol. The molecule has 3 rings (SSSR count). The molecule has 2 saturated heterocycles. The van der Waals surface area contributed by atoms with E-state index in [1.54, 1.807) is 14.2 Å². The molecule has 27 heavy (non-hydrogen) atoms. The first-order chi connectivity index (χ1) is 13.1. The fourth-order valence-corrected chi connectivity index (χ4v) is 4.26. The van der Waals surface area contributed by atoms with Gasteiger partial charge in [0.25, 0.3) is 5.91 Å². The van der Waals surface area contributed by atoms with Gasteiger partial charge < -0.3 is 19.3 Å². The van der Waals surface area contributed by atoms with Crippen molar-refractivity contribution in [2.45, 2.75) is 32.3 Å². The van der Waals surface area contributed by atoms with E-state index in [9.17, 15) is 9.59 Å². The van der Waals surface area contributed by atoms with Gasteiger partial charge in [0, 0.05) is 46.0 Å². The van der Waals surface area contributed by atoms with Crippen molar-refractivity contribution in [2.24, 2.45) is 5.41 Å². The van der Waals surface area contributed by atoms with Crippen LogP contribution in [0.2, 0.25) is 0 Å². The van der Waals surface area contributed by atoms with Crippen molar-refractivity contribution in [2.75, 3.05) is 47.0 Å². The second-order valence-electron chi connectivity index (χ2n) is 7.59. The molecule has 0 aliphatic carbocycles. The van der Waals surface area contributed by atoms with Crippen LogP contribution in [-0.4, -0.2) is 68.6 Å². The molecule has 2 aliphatic rings. The number of methoxy groups -OCH3 is 2. The van der Waals surface area contributed by atoms with Gasteiger partial charge in [-0.05, 0) is 43.4 Å². The highest BCUT2D eigenvalue weighted by Crippen LogP contribution is 2.41. The van der Waals surface area contributed by atoms with E-state index in [1.165, 1.54) is 0 Å². The van der Waals surface area contributed by atoms with Gasteiger partial charge in [0.1, 0.15) is 0 Å². The molecule has 0 unspecified atom stereocenters. The first kappa shape index (κ1) is 19.8. The molecule has 2 aliphatic heterocycles. The van der Waals surface area contributed by atoms with E-state index < -0.39 is 0 Å². The zero-order valence-corrected chi connectivity index (χ0v) is 16.4. The SMILES string of the molecule is COCCN1CCCC2(CCN(C(=O)c3ccc(COC)cc3)CC2)C1=O. The van der Waals surface area contributed by atoms with E-state index in [0.29, 0.717) is 38.4 Å². The summed E-state index contributed by atoms with van der Waals surface area (Å²) >= 11 is 0. The molecule has 6 heteroatoms. The summed E-state index contributed by atoms with van der Waals surface area (Å²) in [5, 5.41) is 0. The Morgan fingerprint density at radius 1 is 1.04 bits per heavy atom. The third kappa shape index (κ3) is 4.33. The number of rotatable bonds is 6. The molecular formula is C21H30N2O4. The Balaban J connectivity index is 1.60. The third-order valence-corrected chi connectivity index (χ3v) is 5.91. The summed E-state index contributed by atoms with van der Waals surface area (Å²) in [6, 6.07) is 7.58. The van der Waals surface area contributed by atoms with E-state index in [1.807, 2.05) is 34.1 Å². The normalized spacial score (nSPS) is 19.6. The molecule has 1 spiro atoms. The molecule has 0 atom stereocenters. The van der Waals surface area contributed by atoms with Crippen LogP contribution < -0.4 is 0 Å². The van der Waals surface area contributed by atoms with Gasteiger partial charge in [-0.15, -0.1) is 0 Å².